The predicted molar refractivity (Wildman–Crippen MR) is 443 cm³/mol. The van der Waals surface area contributed by atoms with E-state index in [1.165, 1.54) is 48.6 Å². The maximum absolute atomic E-state index is 10.6. The third kappa shape index (κ3) is 6.87. The van der Waals surface area contributed by atoms with Gasteiger partial charge in [0.1, 0.15) is 22.3 Å². The van der Waals surface area contributed by atoms with Crippen LogP contribution in [-0.2, 0) is 0 Å². The fraction of sp³-hybridized carbons (Fsp3) is 0. The Morgan fingerprint density at radius 3 is 0.981 bits per heavy atom. The topological polar surface area (TPSA) is 102 Å². The van der Waals surface area contributed by atoms with Gasteiger partial charge in [-0.05, 0) is 169 Å². The molecule has 0 N–H and O–H groups in total. The zero-order chi connectivity index (χ0) is 70.2. The van der Waals surface area contributed by atoms with Gasteiger partial charge in [0.15, 0.2) is 0 Å². The van der Waals surface area contributed by atoms with Crippen LogP contribution in [0.3, 0.4) is 0 Å². The molecule has 0 spiro atoms. The highest BCUT2D eigenvalue weighted by Crippen LogP contribution is 2.52. The lowest BCUT2D eigenvalue weighted by atomic mass is 9.99. The molecule has 10 nitrogen and oxygen atoms in total. The molecule has 108 heavy (non-hydrogen) atoms. The Labute approximate surface area is 610 Å². The van der Waals surface area contributed by atoms with Crippen LogP contribution in [-0.4, -0.2) is 27.1 Å². The van der Waals surface area contributed by atoms with E-state index in [4.69, 9.17) is 8.83 Å². The summed E-state index contributed by atoms with van der Waals surface area (Å²) in [4.78, 5) is 0. The highest BCUT2D eigenvalue weighted by atomic mass is 16.3. The van der Waals surface area contributed by atoms with E-state index in [2.05, 4.69) is 318 Å². The number of fused-ring (bicyclic) bond motifs is 32. The largest absolute Gasteiger partial charge is 0.456 e. The minimum atomic E-state index is 0.604. The first-order chi connectivity index (χ1) is 53.5. The molecule has 0 saturated carbocycles. The Hall–Kier alpha value is -15.1. The smallest absolute Gasteiger partial charge is 0.136 e. The van der Waals surface area contributed by atoms with Crippen LogP contribution in [0.5, 0.6) is 0 Å². The summed E-state index contributed by atoms with van der Waals surface area (Å²) in [6.45, 7) is 0. The standard InChI is InChI=1S/C98H50N8O2/c99-51-53-35-39-71-65(47-53)57-15-1-5-23-69(57)101(71)75-25-11-29-79-89(75)61-19-9-20-62-90-76(26-12-30-80(90)105(79)97(61)62)102-72-40-36-54(52-100)48-66(72)67-49-55(37-41-73(67)102)56-38-42-74-68(50-56)94-84(44-46-88-96(94)60-18-4-8-34-86(60)108-88)104(74)78-28-14-32-82-92(78)64-22-10-21-63-91-77(27-13-31-81(91)106(82)98(63)64)103-70-24-6-2-16-58(70)93-83(103)43-45-87-95(93)59-17-3-7-33-85(59)107-87/h1-50H. The lowest BCUT2D eigenvalue weighted by molar-refractivity contribution is 0.669. The molecule has 0 aliphatic rings. The molecule has 0 saturated heterocycles. The van der Waals surface area contributed by atoms with Gasteiger partial charge in [0, 0.05) is 108 Å². The Bertz CT molecular complexity index is 8740. The van der Waals surface area contributed by atoms with Crippen LogP contribution in [0.25, 0.3) is 241 Å². The molecule has 0 aliphatic carbocycles. The number of furan rings is 2. The van der Waals surface area contributed by atoms with Crippen molar-refractivity contribution in [3.8, 4) is 46.0 Å². The minimum absolute atomic E-state index is 0.604. The molecule has 10 heteroatoms. The second-order valence-electron chi connectivity index (χ2n) is 29.1. The van der Waals surface area contributed by atoms with Gasteiger partial charge >= 0.3 is 0 Å². The van der Waals surface area contributed by atoms with Gasteiger partial charge in [-0.25, -0.2) is 0 Å². The molecule has 26 aromatic rings. The molecule has 0 unspecified atom stereocenters. The van der Waals surface area contributed by atoms with Crippen molar-refractivity contribution in [3.05, 3.63) is 314 Å². The van der Waals surface area contributed by atoms with Crippen LogP contribution < -0.4 is 0 Å². The third-order valence-corrected chi connectivity index (χ3v) is 24.1. The molecule has 494 valence electrons. The first-order valence-corrected chi connectivity index (χ1v) is 36.6. The van der Waals surface area contributed by atoms with Crippen LogP contribution in [0.4, 0.5) is 0 Å². The molecule has 0 aliphatic heterocycles. The zero-order valence-corrected chi connectivity index (χ0v) is 57.3. The fourth-order valence-corrected chi connectivity index (χ4v) is 20.0. The normalized spacial score (nSPS) is 12.6. The van der Waals surface area contributed by atoms with Crippen molar-refractivity contribution in [2.45, 2.75) is 0 Å². The SMILES string of the molecule is N#Cc1ccc2c(c1)c1ccccc1n2-c1cccc2c1c1cccc3c4c(-n5c6ccc(C#N)cc6c6cc(-c7ccc8c(c7)c7c9c(ccc7n8-c7cccc8c7c7cccc%10c%11c(-n%12c%13ccccc%13c%13c%14c(ccc%13%12)oc%12ccccc%12%14)cccc%11n8c%107)oc7ccccc79)ccc65)cccc4n2c13. The average Bonchev–Trinajstić information content (AvgIpc) is 1.52. The maximum Gasteiger partial charge on any atom is 0.136 e. The number of rotatable bonds is 5. The summed E-state index contributed by atoms with van der Waals surface area (Å²) in [6.07, 6.45) is 0. The van der Waals surface area contributed by atoms with Crippen molar-refractivity contribution in [1.29, 1.82) is 10.5 Å². The predicted octanol–water partition coefficient (Wildman–Crippen LogP) is 25.6. The van der Waals surface area contributed by atoms with E-state index in [9.17, 15) is 10.5 Å². The highest BCUT2D eigenvalue weighted by Gasteiger charge is 2.30. The quantitative estimate of drug-likeness (QED) is 0.171. The minimum Gasteiger partial charge on any atom is -0.456 e. The summed E-state index contributed by atoms with van der Waals surface area (Å²) >= 11 is 0. The number of para-hydroxylation sites is 6. The molecule has 16 aromatic carbocycles. The summed E-state index contributed by atoms with van der Waals surface area (Å²) in [5.41, 5.74) is 26.7. The number of hydrogen-bond donors (Lipinski definition) is 0. The summed E-state index contributed by atoms with van der Waals surface area (Å²) < 4.78 is 28.0. The first-order valence-electron chi connectivity index (χ1n) is 36.6. The summed E-state index contributed by atoms with van der Waals surface area (Å²) in [5.74, 6) is 0. The molecule has 0 atom stereocenters. The number of benzene rings is 16. The summed E-state index contributed by atoms with van der Waals surface area (Å²) in [5, 5.41) is 43.3. The highest BCUT2D eigenvalue weighted by molar-refractivity contribution is 6.33. The Morgan fingerprint density at radius 2 is 0.519 bits per heavy atom. The molecule has 0 amide bonds. The number of nitrogens with zero attached hydrogens (tertiary/aromatic N) is 8. The number of aromatic nitrogens is 6. The van der Waals surface area contributed by atoms with Crippen LogP contribution in [0.15, 0.2) is 312 Å². The van der Waals surface area contributed by atoms with Crippen LogP contribution >= 0.6 is 0 Å². The van der Waals surface area contributed by atoms with Gasteiger partial charge in [-0.1, -0.05) is 146 Å². The van der Waals surface area contributed by atoms with Crippen molar-refractivity contribution in [1.82, 2.24) is 27.1 Å². The fourth-order valence-electron chi connectivity index (χ4n) is 20.0. The average molecular weight is 1370 g/mol. The molecule has 0 bridgehead atoms. The van der Waals surface area contributed by atoms with Crippen molar-refractivity contribution in [2.24, 2.45) is 0 Å². The van der Waals surface area contributed by atoms with Crippen LogP contribution in [0, 0.1) is 22.7 Å². The van der Waals surface area contributed by atoms with Crippen molar-refractivity contribution in [3.63, 3.8) is 0 Å². The van der Waals surface area contributed by atoms with Gasteiger partial charge in [0.25, 0.3) is 0 Å². The summed E-state index contributed by atoms with van der Waals surface area (Å²) in [7, 11) is 0. The molecular formula is C98H50N8O2. The van der Waals surface area contributed by atoms with E-state index in [0.29, 0.717) is 11.1 Å². The van der Waals surface area contributed by atoms with E-state index in [1.54, 1.807) is 0 Å². The number of nitriles is 2. The van der Waals surface area contributed by atoms with Crippen molar-refractivity contribution >= 4 is 207 Å². The van der Waals surface area contributed by atoms with Gasteiger partial charge in [0.05, 0.1) is 123 Å². The second-order valence-corrected chi connectivity index (χ2v) is 29.1. The van der Waals surface area contributed by atoms with E-state index in [-0.39, 0.29) is 0 Å². The van der Waals surface area contributed by atoms with E-state index in [0.717, 1.165) is 193 Å². The first kappa shape index (κ1) is 56.4. The molecule has 0 radical (unpaired) electrons. The second kappa shape index (κ2) is 20.0. The molecule has 10 heterocycles. The van der Waals surface area contributed by atoms with Crippen molar-refractivity contribution < 1.29 is 8.83 Å². The van der Waals surface area contributed by atoms with Crippen molar-refractivity contribution in [2.75, 3.05) is 0 Å². The maximum atomic E-state index is 10.6. The lowest BCUT2D eigenvalue weighted by Crippen LogP contribution is -1.96. The summed E-state index contributed by atoms with van der Waals surface area (Å²) in [6, 6.07) is 115. The van der Waals surface area contributed by atoms with E-state index >= 15 is 0 Å². The van der Waals surface area contributed by atoms with Gasteiger partial charge in [-0.2, -0.15) is 10.5 Å². The lowest BCUT2D eigenvalue weighted by Gasteiger charge is -2.13. The van der Waals surface area contributed by atoms with Crippen LogP contribution in [0.1, 0.15) is 11.1 Å². The number of hydrogen-bond acceptors (Lipinski definition) is 4. The van der Waals surface area contributed by atoms with E-state index in [1.807, 2.05) is 24.3 Å². The molecule has 0 fully saturated rings. The molecule has 26 rings (SSSR count). The monoisotopic (exact) mass is 1370 g/mol. The Kier molecular flexibility index (Phi) is 10.4. The zero-order valence-electron chi connectivity index (χ0n) is 57.3. The molecule has 10 aromatic heterocycles. The van der Waals surface area contributed by atoms with Gasteiger partial charge < -0.3 is 35.9 Å². The van der Waals surface area contributed by atoms with Gasteiger partial charge in [-0.3, -0.25) is 0 Å². The van der Waals surface area contributed by atoms with Gasteiger partial charge in [0.2, 0.25) is 0 Å². The third-order valence-electron chi connectivity index (χ3n) is 24.1. The molecular weight excluding hydrogens is 1320 g/mol. The Morgan fingerprint density at radius 1 is 0.204 bits per heavy atom. The van der Waals surface area contributed by atoms with Gasteiger partial charge in [-0.15, -0.1) is 0 Å². The van der Waals surface area contributed by atoms with Crippen LogP contribution in [0.2, 0.25) is 0 Å². The van der Waals surface area contributed by atoms with E-state index < -0.39 is 0 Å². The Balaban J connectivity index is 0.667.